The van der Waals surface area contributed by atoms with E-state index < -0.39 is 11.7 Å². The zero-order valence-electron chi connectivity index (χ0n) is 13.7. The minimum Gasteiger partial charge on any atom is -0.337 e. The van der Waals surface area contributed by atoms with Gasteiger partial charge in [-0.25, -0.2) is 0 Å². The highest BCUT2D eigenvalue weighted by Crippen LogP contribution is 2.30. The molecule has 0 radical (unpaired) electrons. The quantitative estimate of drug-likeness (QED) is 0.845. The molecule has 1 aliphatic rings. The van der Waals surface area contributed by atoms with Crippen LogP contribution in [0.25, 0.3) is 0 Å². The fourth-order valence-corrected chi connectivity index (χ4v) is 3.30. The van der Waals surface area contributed by atoms with Crippen molar-refractivity contribution in [3.63, 3.8) is 0 Å². The Labute approximate surface area is 135 Å². The number of rotatable bonds is 3. The molecule has 1 amide bonds. The summed E-state index contributed by atoms with van der Waals surface area (Å²) < 4.78 is 37.8. The first kappa shape index (κ1) is 17.8. The van der Waals surface area contributed by atoms with E-state index in [1.165, 1.54) is 12.1 Å². The van der Waals surface area contributed by atoms with E-state index >= 15 is 0 Å². The van der Waals surface area contributed by atoms with Crippen LogP contribution in [0.2, 0.25) is 0 Å². The van der Waals surface area contributed by atoms with Gasteiger partial charge in [-0.3, -0.25) is 4.79 Å². The van der Waals surface area contributed by atoms with Crippen LogP contribution in [0.1, 0.15) is 41.6 Å². The standard InChI is InChI=1S/C17H23F3N2O/c1-21(2)14-6-4-5-7-15(14)22(3)16(23)12-8-10-13(11-9-12)17(18,19)20/h8-11,14-15H,4-7H2,1-3H3/t14-,15?/m1/s1. The van der Waals surface area contributed by atoms with Crippen LogP contribution in [0, 0.1) is 0 Å². The van der Waals surface area contributed by atoms with Crippen molar-refractivity contribution in [3.05, 3.63) is 35.4 Å². The monoisotopic (exact) mass is 328 g/mol. The zero-order chi connectivity index (χ0) is 17.2. The molecule has 0 spiro atoms. The van der Waals surface area contributed by atoms with Gasteiger partial charge in [0, 0.05) is 24.7 Å². The highest BCUT2D eigenvalue weighted by molar-refractivity contribution is 5.94. The summed E-state index contributed by atoms with van der Waals surface area (Å²) in [4.78, 5) is 16.4. The average molecular weight is 328 g/mol. The summed E-state index contributed by atoms with van der Waals surface area (Å²) in [6.07, 6.45) is -0.220. The molecule has 0 bridgehead atoms. The second kappa shape index (κ2) is 6.91. The van der Waals surface area contributed by atoms with Gasteiger partial charge in [0.1, 0.15) is 0 Å². The Bertz CT molecular complexity index is 540. The lowest BCUT2D eigenvalue weighted by Gasteiger charge is -2.41. The largest absolute Gasteiger partial charge is 0.416 e. The van der Waals surface area contributed by atoms with Gasteiger partial charge in [-0.1, -0.05) is 12.8 Å². The first-order valence-corrected chi connectivity index (χ1v) is 7.82. The van der Waals surface area contributed by atoms with Gasteiger partial charge in [0.2, 0.25) is 0 Å². The number of hydrogen-bond donors (Lipinski definition) is 0. The topological polar surface area (TPSA) is 23.6 Å². The average Bonchev–Trinajstić information content (AvgIpc) is 2.52. The molecule has 0 aromatic heterocycles. The van der Waals surface area contributed by atoms with Gasteiger partial charge >= 0.3 is 6.18 Å². The molecular weight excluding hydrogens is 305 g/mol. The second-order valence-corrected chi connectivity index (χ2v) is 6.37. The van der Waals surface area contributed by atoms with Gasteiger partial charge in [0.05, 0.1) is 5.56 Å². The Morgan fingerprint density at radius 3 is 2.00 bits per heavy atom. The summed E-state index contributed by atoms with van der Waals surface area (Å²) in [6, 6.07) is 4.82. The molecular formula is C17H23F3N2O. The summed E-state index contributed by atoms with van der Waals surface area (Å²) >= 11 is 0. The van der Waals surface area contributed by atoms with Crippen molar-refractivity contribution in [2.75, 3.05) is 21.1 Å². The lowest BCUT2D eigenvalue weighted by atomic mass is 9.88. The zero-order valence-corrected chi connectivity index (χ0v) is 13.7. The van der Waals surface area contributed by atoms with Gasteiger partial charge in [0.15, 0.2) is 0 Å². The van der Waals surface area contributed by atoms with E-state index in [-0.39, 0.29) is 18.0 Å². The second-order valence-electron chi connectivity index (χ2n) is 6.37. The van der Waals surface area contributed by atoms with Gasteiger partial charge in [0.25, 0.3) is 5.91 Å². The number of hydrogen-bond acceptors (Lipinski definition) is 2. The molecule has 2 rings (SSSR count). The molecule has 2 atom stereocenters. The number of likely N-dealkylation sites (N-methyl/N-ethyl adjacent to an activating group) is 2. The highest BCUT2D eigenvalue weighted by atomic mass is 19.4. The molecule has 1 aromatic carbocycles. The van der Waals surface area contributed by atoms with Crippen molar-refractivity contribution in [1.29, 1.82) is 0 Å². The maximum atomic E-state index is 12.6. The number of amides is 1. The van der Waals surface area contributed by atoms with E-state index in [1.54, 1.807) is 11.9 Å². The first-order valence-electron chi connectivity index (χ1n) is 7.82. The van der Waals surface area contributed by atoms with Crippen LogP contribution in [0.3, 0.4) is 0 Å². The predicted molar refractivity (Wildman–Crippen MR) is 83.3 cm³/mol. The molecule has 128 valence electrons. The van der Waals surface area contributed by atoms with Gasteiger partial charge in [-0.2, -0.15) is 13.2 Å². The third kappa shape index (κ3) is 4.05. The van der Waals surface area contributed by atoms with Crippen molar-refractivity contribution >= 4 is 5.91 Å². The van der Waals surface area contributed by atoms with E-state index in [0.29, 0.717) is 5.56 Å². The molecule has 1 fully saturated rings. The minimum atomic E-state index is -4.38. The van der Waals surface area contributed by atoms with Crippen LogP contribution < -0.4 is 0 Å². The van der Waals surface area contributed by atoms with E-state index in [9.17, 15) is 18.0 Å². The molecule has 3 nitrogen and oxygen atoms in total. The maximum absolute atomic E-state index is 12.6. The third-order valence-electron chi connectivity index (χ3n) is 4.63. The minimum absolute atomic E-state index is 0.0912. The van der Waals surface area contributed by atoms with E-state index in [1.807, 2.05) is 14.1 Å². The fraction of sp³-hybridized carbons (Fsp3) is 0.588. The maximum Gasteiger partial charge on any atom is 0.416 e. The lowest BCUT2D eigenvalue weighted by Crippen LogP contribution is -2.51. The van der Waals surface area contributed by atoms with Gasteiger partial charge in [-0.15, -0.1) is 0 Å². The third-order valence-corrected chi connectivity index (χ3v) is 4.63. The normalized spacial score (nSPS) is 22.2. The van der Waals surface area contributed by atoms with Crippen molar-refractivity contribution in [2.24, 2.45) is 0 Å². The number of benzene rings is 1. The molecule has 1 aromatic rings. The number of alkyl halides is 3. The summed E-state index contributed by atoms with van der Waals surface area (Å²) in [7, 11) is 5.74. The fourth-order valence-electron chi connectivity index (χ4n) is 3.30. The molecule has 1 aliphatic carbocycles. The summed E-state index contributed by atoms with van der Waals surface area (Å²) in [6.45, 7) is 0. The molecule has 0 saturated heterocycles. The number of carbonyl (C=O) groups excluding carboxylic acids is 1. The van der Waals surface area contributed by atoms with Crippen LogP contribution in [0.15, 0.2) is 24.3 Å². The number of nitrogens with zero attached hydrogens (tertiary/aromatic N) is 2. The molecule has 6 heteroatoms. The first-order chi connectivity index (χ1) is 10.7. The van der Waals surface area contributed by atoms with E-state index in [2.05, 4.69) is 4.90 Å². The van der Waals surface area contributed by atoms with Crippen LogP contribution in [0.4, 0.5) is 13.2 Å². The summed E-state index contributed by atoms with van der Waals surface area (Å²) in [5, 5.41) is 0. The number of carbonyl (C=O) groups is 1. The molecule has 0 heterocycles. The Morgan fingerprint density at radius 2 is 1.52 bits per heavy atom. The van der Waals surface area contributed by atoms with Crippen molar-refractivity contribution < 1.29 is 18.0 Å². The SMILES string of the molecule is CN(C(=O)c1ccc(C(F)(F)F)cc1)C1CCCC[C@H]1N(C)C. The number of halogens is 3. The van der Waals surface area contributed by atoms with Crippen LogP contribution >= 0.6 is 0 Å². The highest BCUT2D eigenvalue weighted by Gasteiger charge is 2.33. The Balaban J connectivity index is 2.15. The molecule has 23 heavy (non-hydrogen) atoms. The summed E-state index contributed by atoms with van der Waals surface area (Å²) in [5.74, 6) is -0.225. The van der Waals surface area contributed by atoms with E-state index in [0.717, 1.165) is 37.8 Å². The molecule has 1 saturated carbocycles. The molecule has 0 N–H and O–H groups in total. The van der Waals surface area contributed by atoms with Gasteiger partial charge in [-0.05, 0) is 51.2 Å². The lowest BCUT2D eigenvalue weighted by molar-refractivity contribution is -0.137. The Morgan fingerprint density at radius 1 is 1.00 bits per heavy atom. The summed E-state index contributed by atoms with van der Waals surface area (Å²) in [5.41, 5.74) is -0.441. The van der Waals surface area contributed by atoms with Crippen molar-refractivity contribution in [3.8, 4) is 0 Å². The van der Waals surface area contributed by atoms with Crippen LogP contribution in [0.5, 0.6) is 0 Å². The van der Waals surface area contributed by atoms with Crippen LogP contribution in [-0.4, -0.2) is 48.9 Å². The van der Waals surface area contributed by atoms with E-state index in [4.69, 9.17) is 0 Å². The van der Waals surface area contributed by atoms with Gasteiger partial charge < -0.3 is 9.80 Å². The molecule has 1 unspecified atom stereocenters. The Kier molecular flexibility index (Phi) is 5.34. The Hall–Kier alpha value is -1.56. The molecule has 0 aliphatic heterocycles. The predicted octanol–water partition coefficient (Wildman–Crippen LogP) is 3.65. The smallest absolute Gasteiger partial charge is 0.337 e. The van der Waals surface area contributed by atoms with Crippen LogP contribution in [-0.2, 0) is 6.18 Å². The van der Waals surface area contributed by atoms with Crippen molar-refractivity contribution in [1.82, 2.24) is 9.80 Å². The van der Waals surface area contributed by atoms with Crippen molar-refractivity contribution in [2.45, 2.75) is 43.9 Å².